The van der Waals surface area contributed by atoms with Gasteiger partial charge >= 0.3 is 11.9 Å². The van der Waals surface area contributed by atoms with Gasteiger partial charge in [-0.05, 0) is 34.6 Å². The Morgan fingerprint density at radius 2 is 1.54 bits per heavy atom. The standard InChI is InChI=1S/C27H31N3O7S2/c1-14(11-16(31)15-9-7-6-8-10-15)28-19-22(33)30-21(27(4,5)39-23(19)30)25(35)37-13-36-24(34)20-26(2,3)38-18-12-17(32)29(18)20/h6-10,18-21,23H,11-13H2,1-5H3/t18-,19-,20+,21+,23-/m1/s1. The van der Waals surface area contributed by atoms with E-state index in [4.69, 9.17) is 9.47 Å². The van der Waals surface area contributed by atoms with Gasteiger partial charge < -0.3 is 19.3 Å². The minimum atomic E-state index is -0.878. The fourth-order valence-electron chi connectivity index (χ4n) is 5.59. The lowest BCUT2D eigenvalue weighted by Gasteiger charge is -2.42. The molecule has 4 aliphatic heterocycles. The first-order chi connectivity index (χ1) is 18.3. The summed E-state index contributed by atoms with van der Waals surface area (Å²) in [4.78, 5) is 71.0. The predicted molar refractivity (Wildman–Crippen MR) is 146 cm³/mol. The lowest BCUT2D eigenvalue weighted by molar-refractivity contribution is -0.181. The fraction of sp³-hybridized carbons (Fsp3) is 0.556. The van der Waals surface area contributed by atoms with Crippen molar-refractivity contribution >= 4 is 58.8 Å². The van der Waals surface area contributed by atoms with Crippen LogP contribution in [0.1, 0.15) is 57.8 Å². The minimum absolute atomic E-state index is 0.0334. The lowest BCUT2D eigenvalue weighted by atomic mass is 9.96. The van der Waals surface area contributed by atoms with Gasteiger partial charge in [-0.3, -0.25) is 19.4 Å². The largest absolute Gasteiger partial charge is 0.426 e. The van der Waals surface area contributed by atoms with Crippen molar-refractivity contribution in [3.8, 4) is 0 Å². The SMILES string of the molecule is CC(CC(=O)c1ccccc1)=N[C@@H]1C(=O)N2[C@@H]1SC(C)(C)[C@@H]2C(=O)OCOC(=O)[C@@H]1N2C(=O)C[C@H]2SC1(C)C. The number of fused-ring (bicyclic) bond motifs is 2. The summed E-state index contributed by atoms with van der Waals surface area (Å²) in [6, 6.07) is 6.59. The molecule has 0 bridgehead atoms. The number of Topliss-reactive ketones (excluding diaryl/α,β-unsaturated/α-hetero) is 1. The van der Waals surface area contributed by atoms with Crippen LogP contribution in [-0.4, -0.2) is 90.2 Å². The van der Waals surface area contributed by atoms with Crippen LogP contribution in [0.5, 0.6) is 0 Å². The molecule has 4 fully saturated rings. The number of β-lactam (4-membered cyclic amide) rings is 2. The number of amides is 2. The molecular weight excluding hydrogens is 542 g/mol. The summed E-state index contributed by atoms with van der Waals surface area (Å²) in [6.45, 7) is 8.58. The number of hydrogen-bond donors (Lipinski definition) is 0. The number of hydrogen-bond acceptors (Lipinski definition) is 10. The van der Waals surface area contributed by atoms with Crippen LogP contribution in [0, 0.1) is 0 Å². The second-order valence-corrected chi connectivity index (χ2v) is 14.8. The van der Waals surface area contributed by atoms with Crippen LogP contribution in [-0.2, 0) is 28.7 Å². The molecule has 0 saturated carbocycles. The Hall–Kier alpha value is -2.86. The molecule has 0 N–H and O–H groups in total. The summed E-state index contributed by atoms with van der Waals surface area (Å²) in [7, 11) is 0. The van der Waals surface area contributed by atoms with Gasteiger partial charge in [-0.1, -0.05) is 30.3 Å². The Labute approximate surface area is 235 Å². The van der Waals surface area contributed by atoms with E-state index in [9.17, 15) is 24.0 Å². The number of ether oxygens (including phenoxy) is 2. The number of carbonyl (C=O) groups excluding carboxylic acids is 5. The Morgan fingerprint density at radius 1 is 0.949 bits per heavy atom. The first-order valence-corrected chi connectivity index (χ1v) is 14.5. The smallest absolute Gasteiger partial charge is 0.333 e. The molecule has 0 unspecified atom stereocenters. The zero-order valence-corrected chi connectivity index (χ0v) is 24.0. The molecule has 0 aliphatic carbocycles. The molecule has 4 saturated heterocycles. The minimum Gasteiger partial charge on any atom is -0.426 e. The second-order valence-electron chi connectivity index (χ2n) is 11.2. The molecule has 208 valence electrons. The van der Waals surface area contributed by atoms with E-state index in [0.29, 0.717) is 17.7 Å². The van der Waals surface area contributed by atoms with E-state index in [0.717, 1.165) is 0 Å². The third kappa shape index (κ3) is 4.86. The van der Waals surface area contributed by atoms with Crippen LogP contribution >= 0.6 is 23.5 Å². The molecule has 0 aromatic heterocycles. The van der Waals surface area contributed by atoms with Crippen molar-refractivity contribution in [1.29, 1.82) is 0 Å². The van der Waals surface area contributed by atoms with Crippen LogP contribution in [0.3, 0.4) is 0 Å². The van der Waals surface area contributed by atoms with Gasteiger partial charge in [0.1, 0.15) is 17.5 Å². The number of aliphatic imine (C=N–C) groups is 1. The Balaban J connectivity index is 1.17. The number of thioether (sulfide) groups is 2. The van der Waals surface area contributed by atoms with Crippen molar-refractivity contribution in [3.05, 3.63) is 35.9 Å². The average molecular weight is 574 g/mol. The summed E-state index contributed by atoms with van der Waals surface area (Å²) < 4.78 is 9.39. The number of benzene rings is 1. The molecule has 4 heterocycles. The third-order valence-corrected chi connectivity index (χ3v) is 10.5. The van der Waals surface area contributed by atoms with Gasteiger partial charge in [-0.25, -0.2) is 9.59 Å². The Bertz CT molecular complexity index is 1270. The van der Waals surface area contributed by atoms with Crippen LogP contribution in [0.4, 0.5) is 0 Å². The maximum Gasteiger partial charge on any atom is 0.333 e. The highest BCUT2D eigenvalue weighted by Crippen LogP contribution is 2.52. The molecule has 39 heavy (non-hydrogen) atoms. The van der Waals surface area contributed by atoms with Gasteiger partial charge in [-0.2, -0.15) is 0 Å². The molecule has 4 aliphatic rings. The molecule has 10 nitrogen and oxygen atoms in total. The fourth-order valence-corrected chi connectivity index (χ4v) is 8.82. The van der Waals surface area contributed by atoms with Crippen molar-refractivity contribution in [3.63, 3.8) is 0 Å². The van der Waals surface area contributed by atoms with Crippen molar-refractivity contribution in [2.24, 2.45) is 4.99 Å². The van der Waals surface area contributed by atoms with E-state index in [1.807, 2.05) is 33.8 Å². The van der Waals surface area contributed by atoms with Crippen molar-refractivity contribution in [2.45, 2.75) is 85.8 Å². The van der Waals surface area contributed by atoms with E-state index in [1.165, 1.54) is 21.6 Å². The molecule has 0 spiro atoms. The number of esters is 2. The topological polar surface area (TPSA) is 123 Å². The maximum absolute atomic E-state index is 13.1. The van der Waals surface area contributed by atoms with Crippen LogP contribution in [0.25, 0.3) is 0 Å². The zero-order valence-electron chi connectivity index (χ0n) is 22.4. The van der Waals surface area contributed by atoms with Crippen LogP contribution < -0.4 is 0 Å². The summed E-state index contributed by atoms with van der Waals surface area (Å²) >= 11 is 3.00. The van der Waals surface area contributed by atoms with E-state index >= 15 is 0 Å². The van der Waals surface area contributed by atoms with Crippen molar-refractivity contribution in [1.82, 2.24) is 9.80 Å². The van der Waals surface area contributed by atoms with Crippen molar-refractivity contribution in [2.75, 3.05) is 6.79 Å². The van der Waals surface area contributed by atoms with Gasteiger partial charge in [0.2, 0.25) is 12.7 Å². The number of carbonyl (C=O) groups is 5. The monoisotopic (exact) mass is 573 g/mol. The number of rotatable bonds is 8. The van der Waals surface area contributed by atoms with E-state index in [2.05, 4.69) is 4.99 Å². The maximum atomic E-state index is 13.1. The molecule has 1 aromatic rings. The van der Waals surface area contributed by atoms with Crippen LogP contribution in [0.15, 0.2) is 35.3 Å². The zero-order chi connectivity index (χ0) is 28.3. The van der Waals surface area contributed by atoms with Gasteiger partial charge in [0.05, 0.1) is 11.8 Å². The normalized spacial score (nSPS) is 30.2. The predicted octanol–water partition coefficient (Wildman–Crippen LogP) is 2.65. The highest BCUT2D eigenvalue weighted by molar-refractivity contribution is 8.02. The van der Waals surface area contributed by atoms with Gasteiger partial charge in [-0.15, -0.1) is 23.5 Å². The molecule has 5 atom stereocenters. The third-order valence-electron chi connectivity index (χ3n) is 7.46. The molecule has 1 aromatic carbocycles. The van der Waals surface area contributed by atoms with Gasteiger partial charge in [0.25, 0.3) is 5.91 Å². The van der Waals surface area contributed by atoms with E-state index in [-0.39, 0.29) is 34.8 Å². The summed E-state index contributed by atoms with van der Waals surface area (Å²) in [6.07, 6.45) is 0.506. The van der Waals surface area contributed by atoms with Gasteiger partial charge in [0, 0.05) is 27.2 Å². The summed E-state index contributed by atoms with van der Waals surface area (Å²) in [5, 5.41) is -0.394. The van der Waals surface area contributed by atoms with Crippen LogP contribution in [0.2, 0.25) is 0 Å². The molecule has 2 amide bonds. The number of ketones is 1. The van der Waals surface area contributed by atoms with E-state index < -0.39 is 46.4 Å². The quantitative estimate of drug-likeness (QED) is 0.152. The Morgan fingerprint density at radius 3 is 2.15 bits per heavy atom. The average Bonchev–Trinajstić information content (AvgIpc) is 3.26. The highest BCUT2D eigenvalue weighted by Gasteiger charge is 2.64. The lowest BCUT2D eigenvalue weighted by Crippen LogP contribution is -2.65. The first kappa shape index (κ1) is 27.7. The summed E-state index contributed by atoms with van der Waals surface area (Å²) in [5.41, 5.74) is 1.13. The van der Waals surface area contributed by atoms with Gasteiger partial charge in [0.15, 0.2) is 11.8 Å². The molecule has 12 heteroatoms. The van der Waals surface area contributed by atoms with E-state index in [1.54, 1.807) is 43.0 Å². The first-order valence-electron chi connectivity index (χ1n) is 12.8. The molecular formula is C27H31N3O7S2. The highest BCUT2D eigenvalue weighted by atomic mass is 32.2. The molecule has 0 radical (unpaired) electrons. The molecule has 5 rings (SSSR count). The second kappa shape index (κ2) is 9.96. The Kier molecular flexibility index (Phi) is 7.07. The number of nitrogens with zero attached hydrogens (tertiary/aromatic N) is 3. The summed E-state index contributed by atoms with van der Waals surface area (Å²) in [5.74, 6) is -1.78. The van der Waals surface area contributed by atoms with Crippen molar-refractivity contribution < 1.29 is 33.4 Å².